The highest BCUT2D eigenvalue weighted by molar-refractivity contribution is 6.49. The number of hydrogen-bond acceptors (Lipinski definition) is 4. The lowest BCUT2D eigenvalue weighted by molar-refractivity contribution is 0.0997. The molecule has 5 aromatic carbocycles. The number of fused-ring (bicyclic) bond motifs is 2. The summed E-state index contributed by atoms with van der Waals surface area (Å²) in [5.74, 6) is -0.0633. The summed E-state index contributed by atoms with van der Waals surface area (Å²) in [6.07, 6.45) is 6.72. The van der Waals surface area contributed by atoms with Crippen molar-refractivity contribution in [3.05, 3.63) is 178 Å². The molecule has 0 radical (unpaired) electrons. The molecule has 0 aromatic heterocycles. The summed E-state index contributed by atoms with van der Waals surface area (Å²) in [6.45, 7) is 0. The minimum atomic E-state index is -0.452. The molecule has 0 unspecified atom stereocenters. The van der Waals surface area contributed by atoms with E-state index < -0.39 is 5.66 Å². The van der Waals surface area contributed by atoms with Crippen LogP contribution in [-0.4, -0.2) is 17.2 Å². The number of carbonyl (C=O) groups is 2. The highest BCUT2D eigenvalue weighted by Crippen LogP contribution is 2.55. The Balaban J connectivity index is 1.37. The number of Topliss-reactive ketones (excluding diaryl/α,β-unsaturated/α-hetero) is 2. The Morgan fingerprint density at radius 1 is 0.674 bits per heavy atom. The fourth-order valence-corrected chi connectivity index (χ4v) is 7.84. The molecule has 46 heavy (non-hydrogen) atoms. The van der Waals surface area contributed by atoms with Crippen LogP contribution in [0.25, 0.3) is 11.3 Å². The number of nitrogens with zero attached hydrogens (tertiary/aromatic N) is 2. The van der Waals surface area contributed by atoms with Gasteiger partial charge < -0.3 is 4.90 Å². The van der Waals surface area contributed by atoms with E-state index in [4.69, 9.17) is 4.99 Å². The molecule has 1 aliphatic carbocycles. The Kier molecular flexibility index (Phi) is 7.06. The molecule has 3 aliphatic rings. The van der Waals surface area contributed by atoms with Crippen molar-refractivity contribution in [2.24, 2.45) is 10.9 Å². The lowest BCUT2D eigenvalue weighted by atomic mass is 9.66. The van der Waals surface area contributed by atoms with Gasteiger partial charge >= 0.3 is 0 Å². The molecule has 0 amide bonds. The van der Waals surface area contributed by atoms with Crippen molar-refractivity contribution in [3.63, 3.8) is 0 Å². The molecule has 4 nitrogen and oxygen atoms in total. The highest BCUT2D eigenvalue weighted by Gasteiger charge is 2.55. The van der Waals surface area contributed by atoms with Crippen LogP contribution in [0, 0.1) is 5.92 Å². The summed E-state index contributed by atoms with van der Waals surface area (Å²) in [5, 5.41) is 1.52. The molecule has 3 atom stereocenters. The second-order valence-corrected chi connectivity index (χ2v) is 12.5. The van der Waals surface area contributed by atoms with Gasteiger partial charge in [-0.3, -0.25) is 14.6 Å². The van der Waals surface area contributed by atoms with Crippen molar-refractivity contribution in [1.29, 1.82) is 0 Å². The summed E-state index contributed by atoms with van der Waals surface area (Å²) >= 11 is 0. The average molecular weight is 599 g/mol. The number of rotatable bonds is 6. The van der Waals surface area contributed by atoms with Gasteiger partial charge in [-0.25, -0.2) is 0 Å². The lowest BCUT2D eigenvalue weighted by Crippen LogP contribution is -2.55. The van der Waals surface area contributed by atoms with Gasteiger partial charge in [0.15, 0.2) is 11.6 Å². The molecule has 1 saturated carbocycles. The molecule has 4 heteroatoms. The molecule has 224 valence electrons. The summed E-state index contributed by atoms with van der Waals surface area (Å²) < 4.78 is 0. The van der Waals surface area contributed by atoms with Crippen LogP contribution in [-0.2, 0) is 0 Å². The van der Waals surface area contributed by atoms with Gasteiger partial charge in [0, 0.05) is 28.7 Å². The van der Waals surface area contributed by atoms with Gasteiger partial charge in [-0.1, -0.05) is 140 Å². The van der Waals surface area contributed by atoms with E-state index in [0.29, 0.717) is 16.3 Å². The van der Waals surface area contributed by atoms with Gasteiger partial charge in [-0.15, -0.1) is 0 Å². The maximum absolute atomic E-state index is 14.1. The van der Waals surface area contributed by atoms with E-state index >= 15 is 0 Å². The van der Waals surface area contributed by atoms with E-state index in [1.165, 1.54) is 12.0 Å². The van der Waals surface area contributed by atoms with Crippen LogP contribution in [0.2, 0.25) is 0 Å². The van der Waals surface area contributed by atoms with Crippen LogP contribution in [0.15, 0.2) is 151 Å². The predicted molar refractivity (Wildman–Crippen MR) is 183 cm³/mol. The smallest absolute Gasteiger partial charge is 0.197 e. The van der Waals surface area contributed by atoms with E-state index in [0.717, 1.165) is 41.6 Å². The maximum Gasteiger partial charge on any atom is 0.197 e. The third kappa shape index (κ3) is 4.64. The molecular weight excluding hydrogens is 564 g/mol. The van der Waals surface area contributed by atoms with Crippen LogP contribution < -0.4 is 15.5 Å². The lowest BCUT2D eigenvalue weighted by Gasteiger charge is -2.53. The number of anilines is 1. The second kappa shape index (κ2) is 11.5. The van der Waals surface area contributed by atoms with E-state index in [-0.39, 0.29) is 29.0 Å². The zero-order valence-corrected chi connectivity index (χ0v) is 25.6. The fraction of sp³-hybridized carbons (Fsp3) is 0.167. The monoisotopic (exact) mass is 598 g/mol. The first-order chi connectivity index (χ1) is 22.6. The van der Waals surface area contributed by atoms with E-state index in [2.05, 4.69) is 65.6 Å². The molecule has 1 spiro atoms. The normalized spacial score (nSPS) is 21.2. The van der Waals surface area contributed by atoms with Gasteiger partial charge in [0.2, 0.25) is 0 Å². The predicted octanol–water partition coefficient (Wildman–Crippen LogP) is 7.77. The highest BCUT2D eigenvalue weighted by atomic mass is 16.1. The number of benzene rings is 5. The van der Waals surface area contributed by atoms with Crippen molar-refractivity contribution in [2.75, 3.05) is 4.90 Å². The minimum Gasteiger partial charge on any atom is -0.314 e. The SMILES string of the molecule is O=C(C(C(=O)c1ccccc1)=c1ccc2c(c1)N1C(c3ccccc3)=C[C@@H](c3ccccc3)[C@H]3CCCC[C@]31N=2)c1ccccc1. The minimum absolute atomic E-state index is 0.172. The van der Waals surface area contributed by atoms with Crippen LogP contribution in [0.4, 0.5) is 5.69 Å². The van der Waals surface area contributed by atoms with Crippen molar-refractivity contribution in [1.82, 2.24) is 0 Å². The van der Waals surface area contributed by atoms with Gasteiger partial charge in [0.1, 0.15) is 5.66 Å². The third-order valence-electron chi connectivity index (χ3n) is 9.90. The molecule has 2 heterocycles. The molecule has 1 fully saturated rings. The molecular formula is C42H34N2O2. The first-order valence-electron chi connectivity index (χ1n) is 16.2. The summed E-state index contributed by atoms with van der Waals surface area (Å²) in [5.41, 5.74) is 5.21. The second-order valence-electron chi connectivity index (χ2n) is 12.5. The Labute approximate surface area is 269 Å². The first-order valence-corrected chi connectivity index (χ1v) is 16.2. The van der Waals surface area contributed by atoms with Gasteiger partial charge in [0.05, 0.1) is 16.6 Å². The van der Waals surface area contributed by atoms with E-state index in [1.807, 2.05) is 60.7 Å². The quantitative estimate of drug-likeness (QED) is 0.148. The molecule has 8 rings (SSSR count). The number of carbonyl (C=O) groups excluding carboxylic acids is 2. The zero-order valence-electron chi connectivity index (χ0n) is 25.6. The van der Waals surface area contributed by atoms with Crippen LogP contribution in [0.5, 0.6) is 0 Å². The van der Waals surface area contributed by atoms with Crippen molar-refractivity contribution >= 4 is 28.5 Å². The molecule has 2 aliphatic heterocycles. The fourth-order valence-electron chi connectivity index (χ4n) is 7.84. The molecule has 5 aromatic rings. The van der Waals surface area contributed by atoms with Crippen LogP contribution in [0.1, 0.15) is 63.4 Å². The Morgan fingerprint density at radius 2 is 1.26 bits per heavy atom. The summed E-state index contributed by atoms with van der Waals surface area (Å²) in [4.78, 5) is 36.3. The number of ketones is 2. The summed E-state index contributed by atoms with van der Waals surface area (Å²) in [7, 11) is 0. The van der Waals surface area contributed by atoms with E-state index in [1.54, 1.807) is 24.3 Å². The van der Waals surface area contributed by atoms with Gasteiger partial charge in [0.25, 0.3) is 0 Å². The van der Waals surface area contributed by atoms with Gasteiger partial charge in [-0.05, 0) is 47.7 Å². The molecule has 0 N–H and O–H groups in total. The largest absolute Gasteiger partial charge is 0.314 e. The Morgan fingerprint density at radius 3 is 1.89 bits per heavy atom. The topological polar surface area (TPSA) is 49.7 Å². The van der Waals surface area contributed by atoms with Crippen molar-refractivity contribution < 1.29 is 9.59 Å². The van der Waals surface area contributed by atoms with Crippen LogP contribution >= 0.6 is 0 Å². The molecule has 0 saturated heterocycles. The first kappa shape index (κ1) is 28.1. The Bertz CT molecular complexity index is 2040. The number of hydrogen-bond donors (Lipinski definition) is 0. The summed E-state index contributed by atoms with van der Waals surface area (Å²) in [6, 6.07) is 45.5. The Hall–Kier alpha value is -5.35. The zero-order chi connectivity index (χ0) is 31.1. The van der Waals surface area contributed by atoms with E-state index in [9.17, 15) is 9.59 Å². The molecule has 0 bridgehead atoms. The third-order valence-corrected chi connectivity index (χ3v) is 9.90. The van der Waals surface area contributed by atoms with Gasteiger partial charge in [-0.2, -0.15) is 0 Å². The standard InChI is InChI=1S/C42H34N2O2/c45-40(31-19-9-3-10-20-31)39(41(46)32-21-11-4-12-22-32)33-24-25-36-38(27-33)44-37(30-17-7-2-8-18-30)28-34(29-15-5-1-6-16-29)35-23-13-14-26-42(35,44)43-36/h1-12,15-22,24-25,27-28,34-35H,13-14,23,26H2/t34-,35+,42+/m0/s1. The van der Waals surface area contributed by atoms with Crippen LogP contribution in [0.3, 0.4) is 0 Å². The average Bonchev–Trinajstić information content (AvgIpc) is 3.45. The maximum atomic E-state index is 14.1. The van der Waals surface area contributed by atoms with Crippen molar-refractivity contribution in [3.8, 4) is 0 Å². The number of allylic oxidation sites excluding steroid dienone is 1. The van der Waals surface area contributed by atoms with Crippen molar-refractivity contribution in [2.45, 2.75) is 37.3 Å².